The average molecular weight is 237 g/mol. The van der Waals surface area contributed by atoms with Crippen molar-refractivity contribution in [1.82, 2.24) is 15.2 Å². The fourth-order valence-corrected chi connectivity index (χ4v) is 3.05. The quantitative estimate of drug-likeness (QED) is 0.295. The molecule has 1 saturated carbocycles. The van der Waals surface area contributed by atoms with Gasteiger partial charge in [-0.15, -0.1) is 0 Å². The van der Waals surface area contributed by atoms with E-state index in [9.17, 15) is 0 Å². The molecule has 2 atom stereocenters. The number of nitrogens with two attached hydrogens (primary N) is 1. The smallest absolute Gasteiger partial charge is 0.209 e. The molecule has 2 heterocycles. The monoisotopic (exact) mass is 237 g/mol. The number of hydrazine groups is 1. The molecule has 5 nitrogen and oxygen atoms in total. The predicted octanol–water partition coefficient (Wildman–Crippen LogP) is 0.137. The normalized spacial score (nSPS) is 34.9. The second-order valence-corrected chi connectivity index (χ2v) is 5.62. The number of hydrogen-bond donors (Lipinski definition) is 2. The molecule has 1 aliphatic carbocycles. The molecule has 5 heteroatoms. The minimum atomic E-state index is 0.512. The van der Waals surface area contributed by atoms with Gasteiger partial charge in [0.15, 0.2) is 0 Å². The summed E-state index contributed by atoms with van der Waals surface area (Å²) in [5, 5.41) is 0. The van der Waals surface area contributed by atoms with Crippen molar-refractivity contribution in [2.24, 2.45) is 10.8 Å². The van der Waals surface area contributed by atoms with Gasteiger partial charge in [-0.25, -0.2) is 10.8 Å². The van der Waals surface area contributed by atoms with E-state index in [1.54, 1.807) is 0 Å². The summed E-state index contributed by atoms with van der Waals surface area (Å²) in [6, 6.07) is 1.75. The zero-order chi connectivity index (χ0) is 11.8. The average Bonchev–Trinajstić information content (AvgIpc) is 3.03. The molecule has 3 N–H and O–H groups in total. The highest BCUT2D eigenvalue weighted by molar-refractivity contribution is 5.80. The summed E-state index contributed by atoms with van der Waals surface area (Å²) in [5.74, 6) is 6.55. The van der Waals surface area contributed by atoms with E-state index in [-0.39, 0.29) is 0 Å². The third-order valence-corrected chi connectivity index (χ3v) is 4.19. The summed E-state index contributed by atoms with van der Waals surface area (Å²) in [7, 11) is 0. The van der Waals surface area contributed by atoms with Crippen LogP contribution in [0.15, 0.2) is 4.99 Å². The van der Waals surface area contributed by atoms with Gasteiger partial charge < -0.3 is 4.90 Å². The van der Waals surface area contributed by atoms with E-state index in [0.29, 0.717) is 18.1 Å². The molecule has 2 unspecified atom stereocenters. The Kier molecular flexibility index (Phi) is 2.96. The first-order chi connectivity index (χ1) is 8.28. The number of aliphatic imine (C=N–C) groups is 1. The fraction of sp³-hybridized carbons (Fsp3) is 0.917. The Balaban J connectivity index is 1.72. The number of guanidine groups is 1. The molecule has 0 aromatic rings. The standard InChI is InChI=1S/C12H23N5/c1-9-7-16-6-2-3-11(16)8-17(9)12(15-13)14-10-4-5-10/h9-11H,2-8,13H2,1H3,(H,14,15). The van der Waals surface area contributed by atoms with Crippen molar-refractivity contribution < 1.29 is 0 Å². The van der Waals surface area contributed by atoms with Crippen LogP contribution in [0.25, 0.3) is 0 Å². The third-order valence-electron chi connectivity index (χ3n) is 4.19. The van der Waals surface area contributed by atoms with Crippen LogP contribution in [0.4, 0.5) is 0 Å². The molecule has 0 bridgehead atoms. The van der Waals surface area contributed by atoms with Crippen molar-refractivity contribution in [2.75, 3.05) is 19.6 Å². The summed E-state index contributed by atoms with van der Waals surface area (Å²) >= 11 is 0. The minimum Gasteiger partial charge on any atom is -0.336 e. The Labute approximate surface area is 103 Å². The van der Waals surface area contributed by atoms with Gasteiger partial charge in [-0.05, 0) is 39.2 Å². The van der Waals surface area contributed by atoms with Crippen LogP contribution in [0.3, 0.4) is 0 Å². The van der Waals surface area contributed by atoms with Crippen LogP contribution >= 0.6 is 0 Å². The Hall–Kier alpha value is -0.810. The van der Waals surface area contributed by atoms with Gasteiger partial charge in [0.2, 0.25) is 5.96 Å². The van der Waals surface area contributed by atoms with E-state index in [4.69, 9.17) is 5.84 Å². The van der Waals surface area contributed by atoms with Gasteiger partial charge in [0.1, 0.15) is 0 Å². The van der Waals surface area contributed by atoms with Crippen molar-refractivity contribution in [2.45, 2.75) is 50.7 Å². The zero-order valence-electron chi connectivity index (χ0n) is 10.6. The van der Waals surface area contributed by atoms with Crippen molar-refractivity contribution in [3.63, 3.8) is 0 Å². The highest BCUT2D eigenvalue weighted by atomic mass is 15.4. The van der Waals surface area contributed by atoms with E-state index in [2.05, 4.69) is 27.1 Å². The Morgan fingerprint density at radius 1 is 1.29 bits per heavy atom. The number of nitrogens with one attached hydrogen (secondary N) is 1. The van der Waals surface area contributed by atoms with Crippen molar-refractivity contribution in [1.29, 1.82) is 0 Å². The molecule has 3 rings (SSSR count). The number of nitrogens with zero attached hydrogens (tertiary/aromatic N) is 3. The van der Waals surface area contributed by atoms with Gasteiger partial charge in [-0.2, -0.15) is 0 Å². The second-order valence-electron chi connectivity index (χ2n) is 5.62. The van der Waals surface area contributed by atoms with Crippen molar-refractivity contribution in [3.8, 4) is 0 Å². The van der Waals surface area contributed by atoms with Gasteiger partial charge in [0.05, 0.1) is 6.04 Å². The van der Waals surface area contributed by atoms with Gasteiger partial charge in [-0.1, -0.05) is 0 Å². The largest absolute Gasteiger partial charge is 0.336 e. The van der Waals surface area contributed by atoms with Gasteiger partial charge >= 0.3 is 0 Å². The lowest BCUT2D eigenvalue weighted by molar-refractivity contribution is 0.106. The predicted molar refractivity (Wildman–Crippen MR) is 68.5 cm³/mol. The first-order valence-electron chi connectivity index (χ1n) is 6.83. The molecule has 0 aromatic carbocycles. The maximum absolute atomic E-state index is 5.64. The third kappa shape index (κ3) is 2.26. The highest BCUT2D eigenvalue weighted by Gasteiger charge is 2.36. The molecule has 0 radical (unpaired) electrons. The first kappa shape index (κ1) is 11.3. The van der Waals surface area contributed by atoms with Crippen LogP contribution < -0.4 is 11.3 Å². The van der Waals surface area contributed by atoms with Crippen LogP contribution in [0.5, 0.6) is 0 Å². The van der Waals surface area contributed by atoms with Crippen LogP contribution in [-0.2, 0) is 0 Å². The van der Waals surface area contributed by atoms with Crippen LogP contribution in [0.2, 0.25) is 0 Å². The Bertz CT molecular complexity index is 312. The van der Waals surface area contributed by atoms with Gasteiger partial charge in [0.25, 0.3) is 0 Å². The lowest BCUT2D eigenvalue weighted by Gasteiger charge is -2.43. The summed E-state index contributed by atoms with van der Waals surface area (Å²) in [4.78, 5) is 9.67. The summed E-state index contributed by atoms with van der Waals surface area (Å²) in [6.45, 7) is 5.77. The maximum atomic E-state index is 5.64. The Morgan fingerprint density at radius 3 is 2.82 bits per heavy atom. The minimum absolute atomic E-state index is 0.512. The maximum Gasteiger partial charge on any atom is 0.209 e. The lowest BCUT2D eigenvalue weighted by atomic mass is 10.1. The summed E-state index contributed by atoms with van der Waals surface area (Å²) in [6.07, 6.45) is 5.12. The molecular formula is C12H23N5. The SMILES string of the molecule is CC1CN2CCCC2CN1C(=NC1CC1)NN. The van der Waals surface area contributed by atoms with E-state index in [0.717, 1.165) is 19.0 Å². The van der Waals surface area contributed by atoms with Crippen LogP contribution in [-0.4, -0.2) is 53.5 Å². The molecule has 0 amide bonds. The molecule has 3 fully saturated rings. The fourth-order valence-electron chi connectivity index (χ4n) is 3.05. The highest BCUT2D eigenvalue weighted by Crippen LogP contribution is 2.27. The molecular weight excluding hydrogens is 214 g/mol. The Morgan fingerprint density at radius 2 is 2.12 bits per heavy atom. The first-order valence-corrected chi connectivity index (χ1v) is 6.83. The van der Waals surface area contributed by atoms with E-state index in [1.165, 1.54) is 32.2 Å². The lowest BCUT2D eigenvalue weighted by Crippen LogP contribution is -2.60. The molecule has 0 spiro atoms. The second kappa shape index (κ2) is 4.46. The molecule has 3 aliphatic rings. The zero-order valence-corrected chi connectivity index (χ0v) is 10.6. The summed E-state index contributed by atoms with van der Waals surface area (Å²) < 4.78 is 0. The topological polar surface area (TPSA) is 56.9 Å². The molecule has 96 valence electrons. The van der Waals surface area contributed by atoms with Crippen LogP contribution in [0, 0.1) is 0 Å². The van der Waals surface area contributed by atoms with E-state index in [1.807, 2.05) is 0 Å². The number of piperazine rings is 1. The van der Waals surface area contributed by atoms with Gasteiger partial charge in [-0.3, -0.25) is 10.3 Å². The molecule has 2 saturated heterocycles. The summed E-state index contributed by atoms with van der Waals surface area (Å²) in [5.41, 5.74) is 2.81. The van der Waals surface area contributed by atoms with Crippen LogP contribution in [0.1, 0.15) is 32.6 Å². The van der Waals surface area contributed by atoms with Crippen molar-refractivity contribution in [3.05, 3.63) is 0 Å². The van der Waals surface area contributed by atoms with E-state index < -0.39 is 0 Å². The number of rotatable bonds is 1. The van der Waals surface area contributed by atoms with Crippen molar-refractivity contribution >= 4 is 5.96 Å². The molecule has 17 heavy (non-hydrogen) atoms. The molecule has 0 aromatic heterocycles. The number of hydrogen-bond acceptors (Lipinski definition) is 3. The number of fused-ring (bicyclic) bond motifs is 1. The van der Waals surface area contributed by atoms with E-state index >= 15 is 0 Å². The molecule has 2 aliphatic heterocycles. The van der Waals surface area contributed by atoms with Gasteiger partial charge in [0, 0.05) is 25.2 Å².